The first-order valence-corrected chi connectivity index (χ1v) is 5.85. The number of β-amino-alcohol motifs (C(OH)–C–C–N with tert-alkyl or cyclic N) is 1. The van der Waals surface area contributed by atoms with Crippen molar-refractivity contribution in [3.63, 3.8) is 0 Å². The van der Waals surface area contributed by atoms with Gasteiger partial charge in [0, 0.05) is 6.20 Å². The zero-order valence-electron chi connectivity index (χ0n) is 9.54. The minimum absolute atomic E-state index is 0.0153. The Morgan fingerprint density at radius 1 is 1.59 bits per heavy atom. The molecule has 3 N–H and O–H groups in total. The third kappa shape index (κ3) is 1.88. The number of likely N-dealkylation sites (tertiary alicyclic amines) is 1. The number of rotatable bonds is 3. The van der Waals surface area contributed by atoms with E-state index in [-0.39, 0.29) is 12.5 Å². The van der Waals surface area contributed by atoms with Crippen LogP contribution in [0.2, 0.25) is 0 Å². The fourth-order valence-corrected chi connectivity index (χ4v) is 2.37. The SMILES string of the molecule is Nc1cnn(CC(=O)N2CC(O)(C3CC3)C2)c1. The Balaban J connectivity index is 1.54. The van der Waals surface area contributed by atoms with Crippen LogP contribution in [0.25, 0.3) is 0 Å². The minimum atomic E-state index is -0.612. The van der Waals surface area contributed by atoms with Crippen LogP contribution in [-0.2, 0) is 11.3 Å². The molecule has 0 spiro atoms. The summed E-state index contributed by atoms with van der Waals surface area (Å²) in [7, 11) is 0. The van der Waals surface area contributed by atoms with Crippen molar-refractivity contribution in [3.8, 4) is 0 Å². The summed E-state index contributed by atoms with van der Waals surface area (Å²) in [6.07, 6.45) is 5.33. The number of nitrogen functional groups attached to an aromatic ring is 1. The maximum Gasteiger partial charge on any atom is 0.244 e. The molecule has 0 radical (unpaired) electrons. The molecule has 1 amide bonds. The highest BCUT2D eigenvalue weighted by Crippen LogP contribution is 2.44. The van der Waals surface area contributed by atoms with Gasteiger partial charge in [0.05, 0.1) is 25.0 Å². The van der Waals surface area contributed by atoms with Gasteiger partial charge >= 0.3 is 0 Å². The van der Waals surface area contributed by atoms with E-state index >= 15 is 0 Å². The number of amides is 1. The molecule has 2 fully saturated rings. The predicted molar refractivity (Wildman–Crippen MR) is 60.9 cm³/mol. The van der Waals surface area contributed by atoms with Crippen molar-refractivity contribution in [2.75, 3.05) is 18.8 Å². The van der Waals surface area contributed by atoms with E-state index in [1.165, 1.54) is 10.9 Å². The van der Waals surface area contributed by atoms with Crippen molar-refractivity contribution in [2.45, 2.75) is 25.0 Å². The zero-order chi connectivity index (χ0) is 12.0. The molecule has 1 aromatic heterocycles. The van der Waals surface area contributed by atoms with E-state index in [4.69, 9.17) is 5.73 Å². The summed E-state index contributed by atoms with van der Waals surface area (Å²) < 4.78 is 1.52. The number of nitrogens with zero attached hydrogens (tertiary/aromatic N) is 3. The smallest absolute Gasteiger partial charge is 0.244 e. The van der Waals surface area contributed by atoms with Gasteiger partial charge in [0.15, 0.2) is 0 Å². The van der Waals surface area contributed by atoms with Gasteiger partial charge in [-0.05, 0) is 18.8 Å². The summed E-state index contributed by atoms with van der Waals surface area (Å²) in [5.74, 6) is 0.394. The molecule has 1 aliphatic carbocycles. The first kappa shape index (κ1) is 10.6. The van der Waals surface area contributed by atoms with Crippen LogP contribution in [0, 0.1) is 5.92 Å². The van der Waals surface area contributed by atoms with Crippen LogP contribution >= 0.6 is 0 Å². The molecule has 2 heterocycles. The molecular formula is C11H16N4O2. The number of carbonyl (C=O) groups is 1. The van der Waals surface area contributed by atoms with Crippen LogP contribution in [-0.4, -0.2) is 44.4 Å². The maximum atomic E-state index is 11.8. The van der Waals surface area contributed by atoms with E-state index in [1.807, 2.05) is 0 Å². The number of aliphatic hydroxyl groups is 1. The third-order valence-corrected chi connectivity index (χ3v) is 3.57. The first-order valence-electron chi connectivity index (χ1n) is 5.85. The first-order chi connectivity index (χ1) is 8.07. The van der Waals surface area contributed by atoms with Crippen molar-refractivity contribution in [1.29, 1.82) is 0 Å². The molecule has 1 saturated carbocycles. The summed E-state index contributed by atoms with van der Waals surface area (Å²) >= 11 is 0. The van der Waals surface area contributed by atoms with E-state index in [0.29, 0.717) is 24.7 Å². The lowest BCUT2D eigenvalue weighted by Gasteiger charge is -2.46. The van der Waals surface area contributed by atoms with E-state index in [9.17, 15) is 9.90 Å². The molecule has 0 bridgehead atoms. The molecule has 1 aromatic rings. The summed E-state index contributed by atoms with van der Waals surface area (Å²) in [6, 6.07) is 0. The highest BCUT2D eigenvalue weighted by Gasteiger charge is 2.53. The second-order valence-electron chi connectivity index (χ2n) is 5.10. The van der Waals surface area contributed by atoms with Gasteiger partial charge in [-0.1, -0.05) is 0 Å². The van der Waals surface area contributed by atoms with Gasteiger partial charge in [0.2, 0.25) is 5.91 Å². The van der Waals surface area contributed by atoms with Gasteiger partial charge < -0.3 is 15.7 Å². The molecule has 17 heavy (non-hydrogen) atoms. The minimum Gasteiger partial charge on any atom is -0.396 e. The van der Waals surface area contributed by atoms with Gasteiger partial charge in [-0.25, -0.2) is 0 Å². The Bertz CT molecular complexity index is 446. The Labute approximate surface area is 99.0 Å². The van der Waals surface area contributed by atoms with Crippen molar-refractivity contribution in [1.82, 2.24) is 14.7 Å². The van der Waals surface area contributed by atoms with Gasteiger partial charge in [-0.15, -0.1) is 0 Å². The van der Waals surface area contributed by atoms with Crippen molar-refractivity contribution >= 4 is 11.6 Å². The molecule has 3 rings (SSSR count). The Hall–Kier alpha value is -1.56. The van der Waals surface area contributed by atoms with Crippen LogP contribution in [0.4, 0.5) is 5.69 Å². The Morgan fingerprint density at radius 2 is 2.29 bits per heavy atom. The number of anilines is 1. The number of carbonyl (C=O) groups excluding carboxylic acids is 1. The number of nitrogens with two attached hydrogens (primary N) is 1. The van der Waals surface area contributed by atoms with E-state index in [1.54, 1.807) is 11.1 Å². The fraction of sp³-hybridized carbons (Fsp3) is 0.636. The summed E-state index contributed by atoms with van der Waals surface area (Å²) in [5.41, 5.74) is 5.46. The molecule has 6 heteroatoms. The second kappa shape index (κ2) is 3.46. The quantitative estimate of drug-likeness (QED) is 0.737. The van der Waals surface area contributed by atoms with Crippen LogP contribution in [0.15, 0.2) is 12.4 Å². The Kier molecular flexibility index (Phi) is 2.16. The standard InChI is InChI=1S/C11H16N4O2/c12-9-3-13-15(4-9)5-10(16)14-6-11(17,7-14)8-1-2-8/h3-4,8,17H,1-2,5-7,12H2. The summed E-state index contributed by atoms with van der Waals surface area (Å²) in [4.78, 5) is 13.5. The van der Waals surface area contributed by atoms with Gasteiger partial charge in [-0.3, -0.25) is 9.48 Å². The van der Waals surface area contributed by atoms with E-state index < -0.39 is 5.60 Å². The molecule has 92 valence electrons. The highest BCUT2D eigenvalue weighted by molar-refractivity contribution is 5.77. The zero-order valence-corrected chi connectivity index (χ0v) is 9.54. The molecule has 0 unspecified atom stereocenters. The van der Waals surface area contributed by atoms with Crippen LogP contribution in [0.3, 0.4) is 0 Å². The van der Waals surface area contributed by atoms with Crippen molar-refractivity contribution < 1.29 is 9.90 Å². The van der Waals surface area contributed by atoms with Crippen LogP contribution < -0.4 is 5.73 Å². The lowest BCUT2D eigenvalue weighted by atomic mass is 9.89. The second-order valence-corrected chi connectivity index (χ2v) is 5.10. The average molecular weight is 236 g/mol. The fourth-order valence-electron chi connectivity index (χ4n) is 2.37. The lowest BCUT2D eigenvalue weighted by molar-refractivity contribution is -0.160. The highest BCUT2D eigenvalue weighted by atomic mass is 16.3. The van der Waals surface area contributed by atoms with E-state index in [2.05, 4.69) is 5.10 Å². The summed E-state index contributed by atoms with van der Waals surface area (Å²) in [6.45, 7) is 1.12. The molecule has 0 aromatic carbocycles. The number of aromatic nitrogens is 2. The monoisotopic (exact) mass is 236 g/mol. The normalized spacial score (nSPS) is 22.3. The Morgan fingerprint density at radius 3 is 2.82 bits per heavy atom. The van der Waals surface area contributed by atoms with Crippen LogP contribution in [0.5, 0.6) is 0 Å². The third-order valence-electron chi connectivity index (χ3n) is 3.57. The largest absolute Gasteiger partial charge is 0.396 e. The van der Waals surface area contributed by atoms with Crippen molar-refractivity contribution in [3.05, 3.63) is 12.4 Å². The van der Waals surface area contributed by atoms with Gasteiger partial charge in [0.25, 0.3) is 0 Å². The van der Waals surface area contributed by atoms with Gasteiger partial charge in [0.1, 0.15) is 12.1 Å². The lowest BCUT2D eigenvalue weighted by Crippen LogP contribution is -2.65. The maximum absolute atomic E-state index is 11.8. The molecule has 2 aliphatic rings. The predicted octanol–water partition coefficient (Wildman–Crippen LogP) is -0.551. The topological polar surface area (TPSA) is 84.4 Å². The molecule has 0 atom stereocenters. The molecule has 1 aliphatic heterocycles. The van der Waals surface area contributed by atoms with E-state index in [0.717, 1.165) is 12.8 Å². The average Bonchev–Trinajstić information content (AvgIpc) is 3.00. The number of hydrogen-bond acceptors (Lipinski definition) is 4. The number of hydrogen-bond donors (Lipinski definition) is 2. The van der Waals surface area contributed by atoms with Gasteiger partial charge in [-0.2, -0.15) is 5.10 Å². The molecule has 6 nitrogen and oxygen atoms in total. The molecule has 1 saturated heterocycles. The summed E-state index contributed by atoms with van der Waals surface area (Å²) in [5, 5.41) is 14.1. The van der Waals surface area contributed by atoms with Crippen molar-refractivity contribution in [2.24, 2.45) is 5.92 Å². The van der Waals surface area contributed by atoms with Crippen LogP contribution in [0.1, 0.15) is 12.8 Å². The molecular weight excluding hydrogens is 220 g/mol.